The Labute approximate surface area is 110 Å². The Morgan fingerprint density at radius 3 is 2.75 bits per heavy atom. The zero-order chi connectivity index (χ0) is 14.7. The molecule has 0 radical (unpaired) electrons. The Kier molecular flexibility index (Phi) is 3.69. The minimum absolute atomic E-state index is 0.0417. The molecule has 2 aromatic rings. The first-order valence-corrected chi connectivity index (χ1v) is 5.34. The van der Waals surface area contributed by atoms with Gasteiger partial charge in [-0.2, -0.15) is 9.90 Å². The third-order valence-electron chi connectivity index (χ3n) is 2.23. The van der Waals surface area contributed by atoms with E-state index in [2.05, 4.69) is 15.5 Å². The Bertz CT molecular complexity index is 671. The number of carbonyl (C=O) groups excluding carboxylic acids is 1. The van der Waals surface area contributed by atoms with Crippen LogP contribution >= 0.6 is 0 Å². The zero-order valence-corrected chi connectivity index (χ0v) is 9.88. The van der Waals surface area contributed by atoms with Crippen molar-refractivity contribution in [2.75, 3.05) is 5.32 Å². The van der Waals surface area contributed by atoms with Gasteiger partial charge in [0, 0.05) is 6.07 Å². The number of carbonyl (C=O) groups is 2. The van der Waals surface area contributed by atoms with Crippen molar-refractivity contribution in [1.29, 1.82) is 0 Å². The molecule has 104 valence electrons. The summed E-state index contributed by atoms with van der Waals surface area (Å²) in [5.41, 5.74) is -0.362. The maximum Gasteiger partial charge on any atom is 0.327 e. The fraction of sp³-hybridized carbons (Fsp3) is 0.0909. The third kappa shape index (κ3) is 3.13. The van der Waals surface area contributed by atoms with Crippen LogP contribution in [0.1, 0.15) is 10.4 Å². The van der Waals surface area contributed by atoms with E-state index >= 15 is 0 Å². The molecule has 0 atom stereocenters. The van der Waals surface area contributed by atoms with Crippen molar-refractivity contribution >= 4 is 17.7 Å². The maximum absolute atomic E-state index is 13.4. The topological polar surface area (TPSA) is 97.1 Å². The van der Waals surface area contributed by atoms with E-state index in [0.29, 0.717) is 6.07 Å². The van der Waals surface area contributed by atoms with Gasteiger partial charge in [-0.3, -0.25) is 9.59 Å². The smallest absolute Gasteiger partial charge is 0.327 e. The predicted molar refractivity (Wildman–Crippen MR) is 62.0 cm³/mol. The van der Waals surface area contributed by atoms with Crippen LogP contribution < -0.4 is 5.32 Å². The summed E-state index contributed by atoms with van der Waals surface area (Å²) < 4.78 is 26.1. The molecule has 2 rings (SSSR count). The quantitative estimate of drug-likeness (QED) is 0.868. The van der Waals surface area contributed by atoms with Gasteiger partial charge in [-0.05, 0) is 12.1 Å². The van der Waals surface area contributed by atoms with Crippen LogP contribution in [0.5, 0.6) is 0 Å². The molecule has 0 aliphatic heterocycles. The highest BCUT2D eigenvalue weighted by Crippen LogP contribution is 2.11. The third-order valence-corrected chi connectivity index (χ3v) is 2.23. The minimum atomic E-state index is -1.15. The van der Waals surface area contributed by atoms with Crippen LogP contribution in [0, 0.1) is 11.6 Å². The number of hydrogen-bond acceptors (Lipinski definition) is 4. The number of aliphatic carboxylic acids is 1. The highest BCUT2D eigenvalue weighted by Gasteiger charge is 2.14. The summed E-state index contributed by atoms with van der Waals surface area (Å²) >= 11 is 0. The highest BCUT2D eigenvalue weighted by atomic mass is 19.1. The molecule has 0 aliphatic carbocycles. The molecule has 2 N–H and O–H groups in total. The van der Waals surface area contributed by atoms with E-state index in [0.717, 1.165) is 23.1 Å². The number of nitrogens with zero attached hydrogens (tertiary/aromatic N) is 3. The summed E-state index contributed by atoms with van der Waals surface area (Å²) in [6.07, 6.45) is 1.11. The summed E-state index contributed by atoms with van der Waals surface area (Å²) in [7, 11) is 0. The number of anilines is 1. The second-order valence-corrected chi connectivity index (χ2v) is 3.73. The standard InChI is InChI=1S/C11H8F2N4O3/c12-6-1-2-7(8(13)3-6)11(20)15-9-4-14-17(16-9)5-10(18)19/h1-4H,5H2,(H,18,19)(H,15,16,20). The summed E-state index contributed by atoms with van der Waals surface area (Å²) in [5, 5.41) is 18.0. The van der Waals surface area contributed by atoms with Crippen molar-refractivity contribution in [1.82, 2.24) is 15.0 Å². The lowest BCUT2D eigenvalue weighted by Crippen LogP contribution is -2.15. The van der Waals surface area contributed by atoms with Crippen LogP contribution in [-0.2, 0) is 11.3 Å². The summed E-state index contributed by atoms with van der Waals surface area (Å²) in [6.45, 7) is -0.471. The molecule has 1 aromatic carbocycles. The number of aromatic nitrogens is 3. The summed E-state index contributed by atoms with van der Waals surface area (Å²) in [5.74, 6) is -3.85. The lowest BCUT2D eigenvalue weighted by atomic mass is 10.2. The van der Waals surface area contributed by atoms with E-state index < -0.39 is 30.1 Å². The molecule has 1 heterocycles. The lowest BCUT2D eigenvalue weighted by molar-refractivity contribution is -0.138. The molecule has 1 aromatic heterocycles. The number of carboxylic acids is 1. The fourth-order valence-corrected chi connectivity index (χ4v) is 1.41. The van der Waals surface area contributed by atoms with E-state index in [1.54, 1.807) is 0 Å². The molecule has 0 saturated carbocycles. The van der Waals surface area contributed by atoms with E-state index in [4.69, 9.17) is 5.11 Å². The van der Waals surface area contributed by atoms with Crippen molar-refractivity contribution in [3.8, 4) is 0 Å². The molecule has 0 spiro atoms. The number of amides is 1. The Balaban J connectivity index is 2.11. The number of carboxylic acid groups (broad SMARTS) is 1. The van der Waals surface area contributed by atoms with E-state index in [1.165, 1.54) is 0 Å². The highest BCUT2D eigenvalue weighted by molar-refractivity contribution is 6.03. The number of hydrogen-bond donors (Lipinski definition) is 2. The van der Waals surface area contributed by atoms with Crippen LogP contribution in [0.15, 0.2) is 24.4 Å². The molecule has 7 nitrogen and oxygen atoms in total. The molecule has 9 heteroatoms. The molecule has 0 fully saturated rings. The van der Waals surface area contributed by atoms with Crippen LogP contribution in [0.2, 0.25) is 0 Å². The minimum Gasteiger partial charge on any atom is -0.480 e. The molecular weight excluding hydrogens is 274 g/mol. The second kappa shape index (κ2) is 5.43. The Morgan fingerprint density at radius 1 is 1.35 bits per heavy atom. The number of nitrogens with one attached hydrogen (secondary N) is 1. The summed E-state index contributed by atoms with van der Waals surface area (Å²) in [4.78, 5) is 23.0. The van der Waals surface area contributed by atoms with Crippen molar-refractivity contribution in [3.63, 3.8) is 0 Å². The van der Waals surface area contributed by atoms with Crippen LogP contribution in [0.4, 0.5) is 14.6 Å². The Hall–Kier alpha value is -2.84. The van der Waals surface area contributed by atoms with Gasteiger partial charge in [0.2, 0.25) is 0 Å². The van der Waals surface area contributed by atoms with Gasteiger partial charge < -0.3 is 10.4 Å². The van der Waals surface area contributed by atoms with Gasteiger partial charge in [0.1, 0.15) is 11.6 Å². The van der Waals surface area contributed by atoms with E-state index in [9.17, 15) is 18.4 Å². The van der Waals surface area contributed by atoms with E-state index in [1.807, 2.05) is 0 Å². The first-order chi connectivity index (χ1) is 9.45. The zero-order valence-electron chi connectivity index (χ0n) is 9.88. The van der Waals surface area contributed by atoms with Gasteiger partial charge in [0.15, 0.2) is 12.4 Å². The van der Waals surface area contributed by atoms with Crippen LogP contribution in [0.25, 0.3) is 0 Å². The lowest BCUT2D eigenvalue weighted by Gasteiger charge is -2.02. The van der Waals surface area contributed by atoms with Crippen molar-refractivity contribution in [2.45, 2.75) is 6.54 Å². The van der Waals surface area contributed by atoms with E-state index in [-0.39, 0.29) is 11.4 Å². The first-order valence-electron chi connectivity index (χ1n) is 5.34. The monoisotopic (exact) mass is 282 g/mol. The molecule has 20 heavy (non-hydrogen) atoms. The summed E-state index contributed by atoms with van der Waals surface area (Å²) in [6, 6.07) is 2.51. The van der Waals surface area contributed by atoms with Gasteiger partial charge in [-0.15, -0.1) is 5.10 Å². The molecule has 0 saturated heterocycles. The molecule has 0 unspecified atom stereocenters. The van der Waals surface area contributed by atoms with Crippen LogP contribution in [0.3, 0.4) is 0 Å². The maximum atomic E-state index is 13.4. The first kappa shape index (κ1) is 13.6. The van der Waals surface area contributed by atoms with Crippen molar-refractivity contribution in [3.05, 3.63) is 41.6 Å². The molecule has 1 amide bonds. The average Bonchev–Trinajstić information content (AvgIpc) is 2.75. The molecular formula is C11H8F2N4O3. The van der Waals surface area contributed by atoms with Gasteiger partial charge in [0.25, 0.3) is 5.91 Å². The Morgan fingerprint density at radius 2 is 2.10 bits per heavy atom. The number of halogens is 2. The average molecular weight is 282 g/mol. The predicted octanol–water partition coefficient (Wildman–Crippen LogP) is 0.893. The number of rotatable bonds is 4. The normalized spacial score (nSPS) is 10.3. The number of benzene rings is 1. The SMILES string of the molecule is O=C(O)Cn1ncc(NC(=O)c2ccc(F)cc2F)n1. The molecule has 0 bridgehead atoms. The largest absolute Gasteiger partial charge is 0.480 e. The van der Waals surface area contributed by atoms with Crippen molar-refractivity contribution < 1.29 is 23.5 Å². The van der Waals surface area contributed by atoms with Gasteiger partial charge in [-0.1, -0.05) is 0 Å². The second-order valence-electron chi connectivity index (χ2n) is 3.73. The molecule has 0 aliphatic rings. The fourth-order valence-electron chi connectivity index (χ4n) is 1.41. The van der Waals surface area contributed by atoms with Crippen LogP contribution in [-0.4, -0.2) is 32.0 Å². The van der Waals surface area contributed by atoms with Crippen molar-refractivity contribution in [2.24, 2.45) is 0 Å². The van der Waals surface area contributed by atoms with Gasteiger partial charge in [-0.25, -0.2) is 8.78 Å². The van der Waals surface area contributed by atoms with Gasteiger partial charge >= 0.3 is 5.97 Å². The van der Waals surface area contributed by atoms with Gasteiger partial charge in [0.05, 0.1) is 11.8 Å².